The zero-order valence-electron chi connectivity index (χ0n) is 10.1. The Hall–Kier alpha value is -1.60. The van der Waals surface area contributed by atoms with Gasteiger partial charge in [0.1, 0.15) is 17.6 Å². The van der Waals surface area contributed by atoms with E-state index in [0.29, 0.717) is 11.7 Å². The number of pyridine rings is 1. The molecule has 0 saturated heterocycles. The summed E-state index contributed by atoms with van der Waals surface area (Å²) in [7, 11) is 4.11. The van der Waals surface area contributed by atoms with Gasteiger partial charge in [-0.3, -0.25) is 0 Å². The summed E-state index contributed by atoms with van der Waals surface area (Å²) in [4.78, 5) is 6.32. The van der Waals surface area contributed by atoms with Crippen molar-refractivity contribution >= 4 is 5.82 Å². The van der Waals surface area contributed by atoms with E-state index in [-0.39, 0.29) is 0 Å². The maximum absolute atomic E-state index is 8.73. The lowest BCUT2D eigenvalue weighted by Crippen LogP contribution is -2.23. The van der Waals surface area contributed by atoms with E-state index in [2.05, 4.69) is 36.2 Å². The molecule has 0 amide bonds. The van der Waals surface area contributed by atoms with E-state index in [9.17, 15) is 0 Å². The molecule has 0 spiro atoms. The number of aromatic nitrogens is 1. The van der Waals surface area contributed by atoms with E-state index in [1.807, 2.05) is 18.2 Å². The molecule has 0 aliphatic heterocycles. The third-order valence-electron chi connectivity index (χ3n) is 2.27. The first kappa shape index (κ1) is 12.5. The molecule has 4 nitrogen and oxygen atoms in total. The smallest absolute Gasteiger partial charge is 0.142 e. The minimum Gasteiger partial charge on any atom is -0.368 e. The summed E-state index contributed by atoms with van der Waals surface area (Å²) in [6, 6.07) is 7.81. The molecule has 0 aliphatic rings. The largest absolute Gasteiger partial charge is 0.368 e. The highest BCUT2D eigenvalue weighted by Crippen LogP contribution is 2.07. The normalized spacial score (nSPS) is 12.2. The fourth-order valence-electron chi connectivity index (χ4n) is 1.35. The highest BCUT2D eigenvalue weighted by Gasteiger charge is 2.04. The third kappa shape index (κ3) is 4.28. The van der Waals surface area contributed by atoms with Gasteiger partial charge < -0.3 is 10.2 Å². The molecule has 0 radical (unpaired) electrons. The average Bonchev–Trinajstić information content (AvgIpc) is 2.26. The van der Waals surface area contributed by atoms with Crippen LogP contribution in [0.2, 0.25) is 0 Å². The molecule has 1 rings (SSSR count). The minimum absolute atomic E-state index is 0.351. The number of nitrogens with one attached hydrogen (secondary N) is 1. The van der Waals surface area contributed by atoms with Crippen molar-refractivity contribution < 1.29 is 0 Å². The summed E-state index contributed by atoms with van der Waals surface area (Å²) in [5.74, 6) is 0.769. The van der Waals surface area contributed by atoms with E-state index >= 15 is 0 Å². The Balaban J connectivity index is 2.49. The number of hydrogen-bond acceptors (Lipinski definition) is 4. The SMILES string of the molecule is CC(CCN(C)C)Nc1cccc(C#N)n1. The summed E-state index contributed by atoms with van der Waals surface area (Å²) in [6.45, 7) is 3.15. The van der Waals surface area contributed by atoms with Crippen LogP contribution in [-0.4, -0.2) is 36.6 Å². The molecule has 4 heteroatoms. The molecule has 16 heavy (non-hydrogen) atoms. The number of anilines is 1. The van der Waals surface area contributed by atoms with Gasteiger partial charge in [-0.2, -0.15) is 5.26 Å². The Morgan fingerprint density at radius 1 is 1.50 bits per heavy atom. The summed E-state index contributed by atoms with van der Waals surface area (Å²) < 4.78 is 0. The zero-order chi connectivity index (χ0) is 12.0. The monoisotopic (exact) mass is 218 g/mol. The molecule has 0 aromatic carbocycles. The highest BCUT2D eigenvalue weighted by molar-refractivity contribution is 5.39. The van der Waals surface area contributed by atoms with Crippen molar-refractivity contribution in [2.45, 2.75) is 19.4 Å². The van der Waals surface area contributed by atoms with Crippen molar-refractivity contribution in [3.63, 3.8) is 0 Å². The maximum Gasteiger partial charge on any atom is 0.142 e. The minimum atomic E-state index is 0.351. The van der Waals surface area contributed by atoms with Crippen LogP contribution in [0, 0.1) is 11.3 Å². The molecule has 1 unspecified atom stereocenters. The van der Waals surface area contributed by atoms with Gasteiger partial charge >= 0.3 is 0 Å². The standard InChI is InChI=1S/C12H18N4/c1-10(7-8-16(2)3)14-12-6-4-5-11(9-13)15-12/h4-6,10H,7-8H2,1-3H3,(H,14,15). The summed E-state index contributed by atoms with van der Waals surface area (Å²) >= 11 is 0. The molecular formula is C12H18N4. The Bertz CT molecular complexity index is 368. The van der Waals surface area contributed by atoms with Crippen molar-refractivity contribution in [2.75, 3.05) is 26.0 Å². The van der Waals surface area contributed by atoms with Gasteiger partial charge in [-0.15, -0.1) is 0 Å². The second-order valence-electron chi connectivity index (χ2n) is 4.16. The molecule has 1 aromatic rings. The quantitative estimate of drug-likeness (QED) is 0.817. The predicted octanol–water partition coefficient (Wildman–Crippen LogP) is 1.71. The first-order chi connectivity index (χ1) is 7.61. The van der Waals surface area contributed by atoms with Crippen LogP contribution in [0.3, 0.4) is 0 Å². The van der Waals surface area contributed by atoms with Crippen molar-refractivity contribution in [1.29, 1.82) is 5.26 Å². The average molecular weight is 218 g/mol. The number of hydrogen-bond donors (Lipinski definition) is 1. The molecular weight excluding hydrogens is 200 g/mol. The van der Waals surface area contributed by atoms with Gasteiger partial charge in [-0.1, -0.05) is 6.07 Å². The van der Waals surface area contributed by atoms with Crippen LogP contribution in [0.1, 0.15) is 19.0 Å². The van der Waals surface area contributed by atoms with Crippen molar-refractivity contribution in [3.8, 4) is 6.07 Å². The highest BCUT2D eigenvalue weighted by atomic mass is 15.1. The van der Waals surface area contributed by atoms with Gasteiger partial charge in [0.15, 0.2) is 0 Å². The zero-order valence-corrected chi connectivity index (χ0v) is 10.1. The van der Waals surface area contributed by atoms with Crippen LogP contribution in [-0.2, 0) is 0 Å². The van der Waals surface area contributed by atoms with Gasteiger partial charge in [-0.05, 0) is 46.1 Å². The van der Waals surface area contributed by atoms with E-state index in [1.54, 1.807) is 6.07 Å². The summed E-state index contributed by atoms with van der Waals surface area (Å²) in [5, 5.41) is 12.0. The van der Waals surface area contributed by atoms with E-state index in [0.717, 1.165) is 18.8 Å². The first-order valence-electron chi connectivity index (χ1n) is 5.40. The fourth-order valence-corrected chi connectivity index (χ4v) is 1.35. The lowest BCUT2D eigenvalue weighted by Gasteiger charge is -2.17. The Morgan fingerprint density at radius 3 is 2.88 bits per heavy atom. The molecule has 1 atom stereocenters. The predicted molar refractivity (Wildman–Crippen MR) is 65.2 cm³/mol. The molecule has 1 heterocycles. The topological polar surface area (TPSA) is 52.0 Å². The van der Waals surface area contributed by atoms with Crippen molar-refractivity contribution in [1.82, 2.24) is 9.88 Å². The maximum atomic E-state index is 8.73. The molecule has 0 bridgehead atoms. The van der Waals surface area contributed by atoms with E-state index in [4.69, 9.17) is 5.26 Å². The van der Waals surface area contributed by atoms with Crippen LogP contribution in [0.25, 0.3) is 0 Å². The van der Waals surface area contributed by atoms with Gasteiger partial charge in [0.2, 0.25) is 0 Å². The third-order valence-corrected chi connectivity index (χ3v) is 2.27. The number of nitriles is 1. The fraction of sp³-hybridized carbons (Fsp3) is 0.500. The Labute approximate surface area is 96.9 Å². The van der Waals surface area contributed by atoms with Crippen LogP contribution in [0.15, 0.2) is 18.2 Å². The molecule has 0 fully saturated rings. The molecule has 0 aliphatic carbocycles. The lowest BCUT2D eigenvalue weighted by atomic mass is 10.2. The van der Waals surface area contributed by atoms with Crippen molar-refractivity contribution in [3.05, 3.63) is 23.9 Å². The molecule has 1 aromatic heterocycles. The van der Waals surface area contributed by atoms with Crippen molar-refractivity contribution in [2.24, 2.45) is 0 Å². The Morgan fingerprint density at radius 2 is 2.25 bits per heavy atom. The van der Waals surface area contributed by atoms with Gasteiger partial charge in [0, 0.05) is 6.04 Å². The van der Waals surface area contributed by atoms with Crippen LogP contribution < -0.4 is 5.32 Å². The van der Waals surface area contributed by atoms with E-state index in [1.165, 1.54) is 0 Å². The summed E-state index contributed by atoms with van der Waals surface area (Å²) in [5.41, 5.74) is 0.449. The van der Waals surface area contributed by atoms with Gasteiger partial charge in [0.05, 0.1) is 0 Å². The van der Waals surface area contributed by atoms with Crippen LogP contribution in [0.5, 0.6) is 0 Å². The lowest BCUT2D eigenvalue weighted by molar-refractivity contribution is 0.390. The summed E-state index contributed by atoms with van der Waals surface area (Å²) in [6.07, 6.45) is 1.05. The van der Waals surface area contributed by atoms with E-state index < -0.39 is 0 Å². The van der Waals surface area contributed by atoms with Crippen LogP contribution >= 0.6 is 0 Å². The molecule has 0 saturated carbocycles. The number of rotatable bonds is 5. The molecule has 86 valence electrons. The second-order valence-corrected chi connectivity index (χ2v) is 4.16. The van der Waals surface area contributed by atoms with Gasteiger partial charge in [-0.25, -0.2) is 4.98 Å². The molecule has 1 N–H and O–H groups in total. The Kier molecular flexibility index (Phi) is 4.74. The van der Waals surface area contributed by atoms with Gasteiger partial charge in [0.25, 0.3) is 0 Å². The van der Waals surface area contributed by atoms with Crippen LogP contribution in [0.4, 0.5) is 5.82 Å². The second kappa shape index (κ2) is 6.09. The number of nitrogens with zero attached hydrogens (tertiary/aromatic N) is 3. The first-order valence-corrected chi connectivity index (χ1v) is 5.40.